The standard InChI is InChI=1S/C16H18F3NO3/c1-4-8-13(14(21)23-3)20(15(22)16(17,18)19)11(2)12-9-6-5-7-10-12/h4-7,9-11,13H,1,8H2,2-3H3/t11-,13+/m1/s1. The number of esters is 1. The fourth-order valence-electron chi connectivity index (χ4n) is 2.24. The lowest BCUT2D eigenvalue weighted by atomic mass is 10.0. The average Bonchev–Trinajstić information content (AvgIpc) is 2.53. The highest BCUT2D eigenvalue weighted by Crippen LogP contribution is 2.30. The van der Waals surface area contributed by atoms with Gasteiger partial charge in [0.05, 0.1) is 13.2 Å². The lowest BCUT2D eigenvalue weighted by molar-refractivity contribution is -0.192. The van der Waals surface area contributed by atoms with Crippen LogP contribution >= 0.6 is 0 Å². The van der Waals surface area contributed by atoms with E-state index in [1.165, 1.54) is 13.0 Å². The largest absolute Gasteiger partial charge is 0.471 e. The Morgan fingerprint density at radius 2 is 1.87 bits per heavy atom. The molecule has 0 saturated heterocycles. The Morgan fingerprint density at radius 3 is 2.30 bits per heavy atom. The molecule has 0 aliphatic carbocycles. The summed E-state index contributed by atoms with van der Waals surface area (Å²) in [5.74, 6) is -3.02. The number of nitrogens with zero attached hydrogens (tertiary/aromatic N) is 1. The molecule has 0 bridgehead atoms. The van der Waals surface area contributed by atoms with Gasteiger partial charge in [0.15, 0.2) is 0 Å². The van der Waals surface area contributed by atoms with Gasteiger partial charge in [-0.25, -0.2) is 4.79 Å². The maximum Gasteiger partial charge on any atom is 0.471 e. The molecule has 4 nitrogen and oxygen atoms in total. The minimum Gasteiger partial charge on any atom is -0.467 e. The predicted molar refractivity (Wildman–Crippen MR) is 78.4 cm³/mol. The van der Waals surface area contributed by atoms with E-state index in [4.69, 9.17) is 0 Å². The Balaban J connectivity index is 3.32. The van der Waals surface area contributed by atoms with Crippen molar-refractivity contribution < 1.29 is 27.5 Å². The molecule has 0 radical (unpaired) electrons. The van der Waals surface area contributed by atoms with Gasteiger partial charge in [-0.2, -0.15) is 13.2 Å². The van der Waals surface area contributed by atoms with E-state index in [2.05, 4.69) is 11.3 Å². The molecule has 23 heavy (non-hydrogen) atoms. The summed E-state index contributed by atoms with van der Waals surface area (Å²) in [5.41, 5.74) is 0.475. The second-order valence-corrected chi connectivity index (χ2v) is 4.86. The van der Waals surface area contributed by atoms with Crippen molar-refractivity contribution in [2.75, 3.05) is 7.11 Å². The van der Waals surface area contributed by atoms with Crippen LogP contribution in [0.15, 0.2) is 43.0 Å². The summed E-state index contributed by atoms with van der Waals surface area (Å²) in [4.78, 5) is 24.3. The quantitative estimate of drug-likeness (QED) is 0.594. The van der Waals surface area contributed by atoms with Gasteiger partial charge in [-0.05, 0) is 18.9 Å². The second-order valence-electron chi connectivity index (χ2n) is 4.86. The van der Waals surface area contributed by atoms with Crippen molar-refractivity contribution in [2.24, 2.45) is 0 Å². The van der Waals surface area contributed by atoms with Gasteiger partial charge in [-0.15, -0.1) is 6.58 Å². The van der Waals surface area contributed by atoms with Gasteiger partial charge in [-0.1, -0.05) is 36.4 Å². The Bertz CT molecular complexity index is 557. The highest BCUT2D eigenvalue weighted by Gasteiger charge is 2.48. The molecule has 0 heterocycles. The van der Waals surface area contributed by atoms with E-state index in [1.54, 1.807) is 30.3 Å². The van der Waals surface area contributed by atoms with Crippen LogP contribution in [-0.2, 0) is 14.3 Å². The number of methoxy groups -OCH3 is 1. The molecule has 1 aromatic carbocycles. The summed E-state index contributed by atoms with van der Waals surface area (Å²) in [5, 5.41) is 0. The van der Waals surface area contributed by atoms with Gasteiger partial charge in [0.1, 0.15) is 6.04 Å². The number of rotatable bonds is 6. The normalized spacial score (nSPS) is 13.8. The zero-order chi connectivity index (χ0) is 17.6. The molecule has 0 fully saturated rings. The third-order valence-corrected chi connectivity index (χ3v) is 3.38. The van der Waals surface area contributed by atoms with Crippen LogP contribution in [-0.4, -0.2) is 36.1 Å². The topological polar surface area (TPSA) is 46.6 Å². The maximum atomic E-state index is 13.0. The van der Waals surface area contributed by atoms with Crippen molar-refractivity contribution in [1.82, 2.24) is 4.90 Å². The zero-order valence-corrected chi connectivity index (χ0v) is 12.8. The maximum absolute atomic E-state index is 13.0. The zero-order valence-electron chi connectivity index (χ0n) is 12.8. The number of hydrogen-bond donors (Lipinski definition) is 0. The van der Waals surface area contributed by atoms with Crippen molar-refractivity contribution in [1.29, 1.82) is 0 Å². The fourth-order valence-corrected chi connectivity index (χ4v) is 2.24. The highest BCUT2D eigenvalue weighted by molar-refractivity contribution is 5.88. The molecule has 0 unspecified atom stereocenters. The summed E-state index contributed by atoms with van der Waals surface area (Å²) in [6, 6.07) is 5.79. The Labute approximate surface area is 132 Å². The first-order valence-electron chi connectivity index (χ1n) is 6.87. The van der Waals surface area contributed by atoms with E-state index < -0.39 is 30.1 Å². The molecule has 0 N–H and O–H groups in total. The summed E-state index contributed by atoms with van der Waals surface area (Å²) in [7, 11) is 1.06. The third kappa shape index (κ3) is 4.58. The summed E-state index contributed by atoms with van der Waals surface area (Å²) >= 11 is 0. The number of carbonyl (C=O) groups excluding carboxylic acids is 2. The molecular weight excluding hydrogens is 311 g/mol. The SMILES string of the molecule is C=CC[C@@H](C(=O)OC)N(C(=O)C(F)(F)F)[C@H](C)c1ccccc1. The first kappa shape index (κ1) is 18.7. The van der Waals surface area contributed by atoms with Crippen molar-refractivity contribution in [3.63, 3.8) is 0 Å². The number of ether oxygens (including phenoxy) is 1. The number of benzene rings is 1. The fraction of sp³-hybridized carbons (Fsp3) is 0.375. The van der Waals surface area contributed by atoms with E-state index in [0.29, 0.717) is 10.5 Å². The molecule has 0 aliphatic rings. The van der Waals surface area contributed by atoms with Crippen molar-refractivity contribution in [2.45, 2.75) is 31.6 Å². The molecule has 1 aromatic rings. The molecule has 1 amide bonds. The number of alkyl halides is 3. The van der Waals surface area contributed by atoms with Gasteiger partial charge < -0.3 is 9.64 Å². The second kappa shape index (κ2) is 7.80. The molecule has 2 atom stereocenters. The molecule has 126 valence electrons. The summed E-state index contributed by atoms with van der Waals surface area (Å²) in [6.07, 6.45) is -3.97. The van der Waals surface area contributed by atoms with E-state index in [0.717, 1.165) is 7.11 Å². The molecular formula is C16H18F3NO3. The minimum atomic E-state index is -5.10. The Morgan fingerprint density at radius 1 is 1.30 bits per heavy atom. The number of hydrogen-bond acceptors (Lipinski definition) is 3. The van der Waals surface area contributed by atoms with Crippen LogP contribution in [0.4, 0.5) is 13.2 Å². The van der Waals surface area contributed by atoms with Crippen LogP contribution in [0.3, 0.4) is 0 Å². The lowest BCUT2D eigenvalue weighted by Crippen LogP contribution is -2.51. The van der Waals surface area contributed by atoms with Crippen LogP contribution < -0.4 is 0 Å². The van der Waals surface area contributed by atoms with Crippen LogP contribution in [0.5, 0.6) is 0 Å². The van der Waals surface area contributed by atoms with E-state index in [9.17, 15) is 22.8 Å². The van der Waals surface area contributed by atoms with Crippen molar-refractivity contribution >= 4 is 11.9 Å². The van der Waals surface area contributed by atoms with Gasteiger partial charge in [0, 0.05) is 0 Å². The van der Waals surface area contributed by atoms with E-state index >= 15 is 0 Å². The van der Waals surface area contributed by atoms with Crippen molar-refractivity contribution in [3.8, 4) is 0 Å². The molecule has 0 spiro atoms. The summed E-state index contributed by atoms with van der Waals surface area (Å²) < 4.78 is 43.5. The van der Waals surface area contributed by atoms with E-state index in [1.807, 2.05) is 0 Å². The molecule has 0 aromatic heterocycles. The Hall–Kier alpha value is -2.31. The van der Waals surface area contributed by atoms with Gasteiger partial charge in [-0.3, -0.25) is 4.79 Å². The molecule has 0 saturated carbocycles. The minimum absolute atomic E-state index is 0.147. The van der Waals surface area contributed by atoms with Crippen LogP contribution in [0.2, 0.25) is 0 Å². The third-order valence-electron chi connectivity index (χ3n) is 3.38. The molecule has 1 rings (SSSR count). The number of halogens is 3. The monoisotopic (exact) mass is 329 g/mol. The van der Waals surface area contributed by atoms with Gasteiger partial charge in [0.2, 0.25) is 0 Å². The smallest absolute Gasteiger partial charge is 0.467 e. The predicted octanol–water partition coefficient (Wildman–Crippen LogP) is 3.26. The number of carbonyl (C=O) groups is 2. The molecule has 0 aliphatic heterocycles. The van der Waals surface area contributed by atoms with Crippen LogP contribution in [0.1, 0.15) is 24.9 Å². The van der Waals surface area contributed by atoms with Crippen LogP contribution in [0.25, 0.3) is 0 Å². The van der Waals surface area contributed by atoms with Crippen molar-refractivity contribution in [3.05, 3.63) is 48.6 Å². The highest BCUT2D eigenvalue weighted by atomic mass is 19.4. The first-order chi connectivity index (χ1) is 10.7. The summed E-state index contributed by atoms with van der Waals surface area (Å²) in [6.45, 7) is 4.85. The lowest BCUT2D eigenvalue weighted by Gasteiger charge is -2.35. The first-order valence-corrected chi connectivity index (χ1v) is 6.87. The van der Waals surface area contributed by atoms with Gasteiger partial charge in [0.25, 0.3) is 0 Å². The number of amides is 1. The van der Waals surface area contributed by atoms with Gasteiger partial charge >= 0.3 is 18.1 Å². The average molecular weight is 329 g/mol. The van der Waals surface area contributed by atoms with E-state index in [-0.39, 0.29) is 6.42 Å². The molecule has 7 heteroatoms. The van der Waals surface area contributed by atoms with Crippen LogP contribution in [0, 0.1) is 0 Å². The Kier molecular flexibility index (Phi) is 6.36.